The highest BCUT2D eigenvalue weighted by atomic mass is 79.9. The van der Waals surface area contributed by atoms with Crippen LogP contribution in [0.4, 0.5) is 0 Å². The van der Waals surface area contributed by atoms with E-state index in [2.05, 4.69) is 15.9 Å². The maximum Gasteiger partial charge on any atom is 0.153 e. The van der Waals surface area contributed by atoms with Crippen LogP contribution in [-0.4, -0.2) is 5.97 Å². The van der Waals surface area contributed by atoms with Gasteiger partial charge in [-0.2, -0.15) is 0 Å². The van der Waals surface area contributed by atoms with E-state index in [0.29, 0.717) is 11.1 Å². The molecule has 1 aromatic heterocycles. The van der Waals surface area contributed by atoms with Gasteiger partial charge in [0.05, 0.1) is 0 Å². The van der Waals surface area contributed by atoms with Gasteiger partial charge in [0.25, 0.3) is 0 Å². The van der Waals surface area contributed by atoms with Gasteiger partial charge in [-0.15, -0.1) is 0 Å². The van der Waals surface area contributed by atoms with Crippen molar-refractivity contribution in [3.63, 3.8) is 0 Å². The van der Waals surface area contributed by atoms with Crippen LogP contribution in [0.3, 0.4) is 0 Å². The number of benzene rings is 1. The molecule has 2 aromatic rings. The summed E-state index contributed by atoms with van der Waals surface area (Å²) in [6.45, 7) is 1.70. The fraction of sp³-hybridized carbons (Fsp3) is 0.100. The van der Waals surface area contributed by atoms with Crippen LogP contribution in [0, 0.1) is 6.92 Å². The number of fused-ring (bicyclic) bond motifs is 1. The molecule has 4 heteroatoms. The molecule has 72 valence electrons. The average Bonchev–Trinajstić information content (AvgIpc) is 2.44. The summed E-state index contributed by atoms with van der Waals surface area (Å²) in [7, 11) is 0. The summed E-state index contributed by atoms with van der Waals surface area (Å²) < 4.78 is 6.02. The fourth-order valence-corrected chi connectivity index (χ4v) is 1.75. The third kappa shape index (κ3) is 1.32. The Balaban J connectivity index is 2.80. The van der Waals surface area contributed by atoms with E-state index in [0.717, 1.165) is 9.86 Å². The second kappa shape index (κ2) is 3.13. The number of rotatable bonds is 1. The van der Waals surface area contributed by atoms with Crippen LogP contribution >= 0.6 is 15.9 Å². The first-order valence-electron chi connectivity index (χ1n) is 3.99. The first kappa shape index (κ1) is 9.27. The smallest absolute Gasteiger partial charge is 0.153 e. The van der Waals surface area contributed by atoms with E-state index in [9.17, 15) is 9.90 Å². The zero-order valence-corrected chi connectivity index (χ0v) is 8.92. The Bertz CT molecular complexity index is 513. The minimum absolute atomic E-state index is 0.0990. The molecule has 1 aromatic carbocycles. The number of carbonyl (C=O) groups is 1. The van der Waals surface area contributed by atoms with E-state index < -0.39 is 5.97 Å². The first-order chi connectivity index (χ1) is 6.59. The van der Waals surface area contributed by atoms with Crippen LogP contribution in [0.15, 0.2) is 27.1 Å². The molecule has 0 aliphatic heterocycles. The van der Waals surface area contributed by atoms with Crippen molar-refractivity contribution in [1.29, 1.82) is 0 Å². The molecule has 14 heavy (non-hydrogen) atoms. The number of halogens is 1. The number of aromatic carboxylic acids is 1. The lowest BCUT2D eigenvalue weighted by Crippen LogP contribution is -2.22. The maximum atomic E-state index is 10.7. The molecule has 0 spiro atoms. The van der Waals surface area contributed by atoms with Crippen molar-refractivity contribution in [3.05, 3.63) is 34.0 Å². The van der Waals surface area contributed by atoms with Gasteiger partial charge in [0, 0.05) is 15.4 Å². The zero-order valence-electron chi connectivity index (χ0n) is 7.33. The predicted molar refractivity (Wildman–Crippen MR) is 53.0 cm³/mol. The second-order valence-corrected chi connectivity index (χ2v) is 3.90. The summed E-state index contributed by atoms with van der Waals surface area (Å²) in [5, 5.41) is 11.5. The molecule has 0 saturated carbocycles. The minimum Gasteiger partial charge on any atom is -0.542 e. The highest BCUT2D eigenvalue weighted by Crippen LogP contribution is 2.27. The molecule has 0 atom stereocenters. The molecular formula is C10H6BrO3-. The number of aryl methyl sites for hydroxylation is 1. The van der Waals surface area contributed by atoms with Crippen molar-refractivity contribution in [3.8, 4) is 0 Å². The van der Waals surface area contributed by atoms with Gasteiger partial charge >= 0.3 is 0 Å². The normalized spacial score (nSPS) is 10.7. The second-order valence-electron chi connectivity index (χ2n) is 2.98. The topological polar surface area (TPSA) is 53.3 Å². The molecule has 0 radical (unpaired) electrons. The molecule has 0 aliphatic carbocycles. The van der Waals surface area contributed by atoms with Gasteiger partial charge in [0.2, 0.25) is 0 Å². The summed E-state index contributed by atoms with van der Waals surface area (Å²) in [6, 6.07) is 5.34. The third-order valence-corrected chi connectivity index (χ3v) is 2.58. The lowest BCUT2D eigenvalue weighted by atomic mass is 10.1. The van der Waals surface area contributed by atoms with E-state index >= 15 is 0 Å². The van der Waals surface area contributed by atoms with Crippen LogP contribution < -0.4 is 5.11 Å². The standard InChI is InChI=1S/C10H7BrO3/c1-5-7-4-6(11)2-3-8(7)14-9(5)10(12)13/h2-4H,1H3,(H,12,13)/p-1. The Hall–Kier alpha value is -1.29. The summed E-state index contributed by atoms with van der Waals surface area (Å²) in [6.07, 6.45) is 0. The van der Waals surface area contributed by atoms with Gasteiger partial charge in [0.15, 0.2) is 5.76 Å². The first-order valence-corrected chi connectivity index (χ1v) is 4.79. The number of hydrogen-bond acceptors (Lipinski definition) is 3. The largest absolute Gasteiger partial charge is 0.542 e. The number of carbonyl (C=O) groups excluding carboxylic acids is 1. The molecule has 2 rings (SSSR count). The lowest BCUT2D eigenvalue weighted by Gasteiger charge is -1.96. The molecule has 0 amide bonds. The molecule has 1 heterocycles. The summed E-state index contributed by atoms with van der Waals surface area (Å²) in [4.78, 5) is 10.7. The van der Waals surface area contributed by atoms with Crippen LogP contribution in [0.5, 0.6) is 0 Å². The van der Waals surface area contributed by atoms with E-state index in [1.165, 1.54) is 0 Å². The molecule has 0 fully saturated rings. The molecule has 0 unspecified atom stereocenters. The monoisotopic (exact) mass is 253 g/mol. The summed E-state index contributed by atoms with van der Waals surface area (Å²) >= 11 is 3.31. The van der Waals surface area contributed by atoms with Crippen LogP contribution in [-0.2, 0) is 0 Å². The lowest BCUT2D eigenvalue weighted by molar-refractivity contribution is -0.257. The van der Waals surface area contributed by atoms with E-state index in [1.807, 2.05) is 6.07 Å². The van der Waals surface area contributed by atoms with Gasteiger partial charge in [-0.1, -0.05) is 15.9 Å². The van der Waals surface area contributed by atoms with E-state index in [-0.39, 0.29) is 5.76 Å². The molecular weight excluding hydrogens is 248 g/mol. The van der Waals surface area contributed by atoms with Gasteiger partial charge in [-0.25, -0.2) is 0 Å². The van der Waals surface area contributed by atoms with Crippen molar-refractivity contribution < 1.29 is 14.3 Å². The Morgan fingerprint density at radius 3 is 2.86 bits per heavy atom. The average molecular weight is 254 g/mol. The minimum atomic E-state index is -1.28. The van der Waals surface area contributed by atoms with E-state index in [4.69, 9.17) is 4.42 Å². The maximum absolute atomic E-state index is 10.7. The van der Waals surface area contributed by atoms with Crippen molar-refractivity contribution in [2.75, 3.05) is 0 Å². The summed E-state index contributed by atoms with van der Waals surface area (Å²) in [5.74, 6) is -1.38. The Labute approximate surface area is 88.5 Å². The molecule has 0 bridgehead atoms. The molecule has 3 nitrogen and oxygen atoms in total. The quantitative estimate of drug-likeness (QED) is 0.780. The Morgan fingerprint density at radius 1 is 1.50 bits per heavy atom. The Kier molecular flexibility index (Phi) is 2.07. The number of carboxylic acid groups (broad SMARTS) is 1. The number of furan rings is 1. The van der Waals surface area contributed by atoms with Crippen LogP contribution in [0.1, 0.15) is 16.1 Å². The van der Waals surface area contributed by atoms with Gasteiger partial charge in [-0.3, -0.25) is 0 Å². The predicted octanol–water partition coefficient (Wildman–Crippen LogP) is 1.87. The summed E-state index contributed by atoms with van der Waals surface area (Å²) in [5.41, 5.74) is 1.16. The van der Waals surface area contributed by atoms with Gasteiger partial charge < -0.3 is 14.3 Å². The Morgan fingerprint density at radius 2 is 2.21 bits per heavy atom. The zero-order chi connectivity index (χ0) is 10.3. The number of carboxylic acids is 1. The van der Waals surface area contributed by atoms with Crippen LogP contribution in [0.2, 0.25) is 0 Å². The SMILES string of the molecule is Cc1c(C(=O)[O-])oc2ccc(Br)cc12. The molecule has 0 N–H and O–H groups in total. The molecule has 0 aliphatic rings. The molecule has 0 saturated heterocycles. The van der Waals surface area contributed by atoms with Crippen molar-refractivity contribution in [2.24, 2.45) is 0 Å². The van der Waals surface area contributed by atoms with Gasteiger partial charge in [0.1, 0.15) is 11.6 Å². The van der Waals surface area contributed by atoms with Gasteiger partial charge in [-0.05, 0) is 25.1 Å². The highest BCUT2D eigenvalue weighted by Gasteiger charge is 2.10. The fourth-order valence-electron chi connectivity index (χ4n) is 1.39. The van der Waals surface area contributed by atoms with Crippen molar-refractivity contribution in [1.82, 2.24) is 0 Å². The van der Waals surface area contributed by atoms with Crippen LogP contribution in [0.25, 0.3) is 11.0 Å². The number of hydrogen-bond donors (Lipinski definition) is 0. The third-order valence-electron chi connectivity index (χ3n) is 2.08. The van der Waals surface area contributed by atoms with Crippen molar-refractivity contribution >= 4 is 32.9 Å². The van der Waals surface area contributed by atoms with Crippen molar-refractivity contribution in [2.45, 2.75) is 6.92 Å². The van der Waals surface area contributed by atoms with E-state index in [1.54, 1.807) is 19.1 Å². The highest BCUT2D eigenvalue weighted by molar-refractivity contribution is 9.10.